The molecule has 24 heavy (non-hydrogen) atoms. The molecule has 6 heteroatoms. The van der Waals surface area contributed by atoms with Crippen molar-refractivity contribution >= 4 is 24.4 Å². The summed E-state index contributed by atoms with van der Waals surface area (Å²) < 4.78 is 0. The summed E-state index contributed by atoms with van der Waals surface area (Å²) in [4.78, 5) is 28.3. The van der Waals surface area contributed by atoms with Crippen molar-refractivity contribution in [3.05, 3.63) is 58.3 Å². The largest absolute Gasteiger partial charge is 0.350 e. The lowest BCUT2D eigenvalue weighted by Crippen LogP contribution is -2.37. The third kappa shape index (κ3) is 4.83. The Morgan fingerprint density at radius 2 is 1.75 bits per heavy atom. The van der Waals surface area contributed by atoms with Gasteiger partial charge in [0.1, 0.15) is 5.03 Å². The Kier molecular flexibility index (Phi) is 5.98. The van der Waals surface area contributed by atoms with E-state index in [1.165, 1.54) is 5.56 Å². The van der Waals surface area contributed by atoms with Gasteiger partial charge in [-0.3, -0.25) is 9.59 Å². The molecule has 0 unspecified atom stereocenters. The number of pyridine rings is 1. The van der Waals surface area contributed by atoms with Crippen LogP contribution in [0.3, 0.4) is 0 Å². The lowest BCUT2D eigenvalue weighted by molar-refractivity contribution is -0.120. The maximum absolute atomic E-state index is 12.2. The maximum atomic E-state index is 12.2. The number of aryl methyl sites for hydroxylation is 3. The summed E-state index contributed by atoms with van der Waals surface area (Å²) in [5.41, 5.74) is 4.16. The van der Waals surface area contributed by atoms with Crippen molar-refractivity contribution in [1.29, 1.82) is 0 Å². The van der Waals surface area contributed by atoms with Gasteiger partial charge in [-0.25, -0.2) is 4.98 Å². The van der Waals surface area contributed by atoms with Gasteiger partial charge >= 0.3 is 0 Å². The van der Waals surface area contributed by atoms with Crippen molar-refractivity contribution < 1.29 is 9.59 Å². The molecular weight excluding hydrogens is 322 g/mol. The zero-order valence-corrected chi connectivity index (χ0v) is 14.9. The zero-order chi connectivity index (χ0) is 17.7. The number of nitrogens with zero attached hydrogens (tertiary/aromatic N) is 1. The molecule has 2 amide bonds. The van der Waals surface area contributed by atoms with E-state index in [-0.39, 0.29) is 18.4 Å². The lowest BCUT2D eigenvalue weighted by atomic mass is 10.1. The van der Waals surface area contributed by atoms with Crippen LogP contribution in [0.1, 0.15) is 32.7 Å². The van der Waals surface area contributed by atoms with E-state index < -0.39 is 0 Å². The van der Waals surface area contributed by atoms with Crippen LogP contribution < -0.4 is 10.6 Å². The molecule has 5 nitrogen and oxygen atoms in total. The van der Waals surface area contributed by atoms with Gasteiger partial charge in [-0.05, 0) is 38.0 Å². The van der Waals surface area contributed by atoms with Crippen molar-refractivity contribution in [2.24, 2.45) is 0 Å². The molecule has 2 N–H and O–H groups in total. The fourth-order valence-corrected chi connectivity index (χ4v) is 2.75. The fourth-order valence-electron chi connectivity index (χ4n) is 2.32. The Labute approximate surface area is 147 Å². The van der Waals surface area contributed by atoms with Gasteiger partial charge in [-0.1, -0.05) is 29.8 Å². The van der Waals surface area contributed by atoms with E-state index >= 15 is 0 Å². The second-order valence-electron chi connectivity index (χ2n) is 5.72. The van der Waals surface area contributed by atoms with Crippen LogP contribution in [-0.2, 0) is 11.3 Å². The minimum absolute atomic E-state index is 0.0920. The SMILES string of the molecule is Cc1ccc(CNC(=O)CNC(=O)c2c(C)cc(C)nc2S)cc1. The third-order valence-electron chi connectivity index (χ3n) is 3.57. The topological polar surface area (TPSA) is 71.1 Å². The first-order valence-corrected chi connectivity index (χ1v) is 8.09. The van der Waals surface area contributed by atoms with Crippen LogP contribution in [0.2, 0.25) is 0 Å². The summed E-state index contributed by atoms with van der Waals surface area (Å²) in [6.07, 6.45) is 0. The minimum Gasteiger partial charge on any atom is -0.350 e. The molecule has 2 rings (SSSR count). The molecule has 0 saturated carbocycles. The van der Waals surface area contributed by atoms with Crippen LogP contribution in [0.5, 0.6) is 0 Å². The number of aromatic nitrogens is 1. The highest BCUT2D eigenvalue weighted by atomic mass is 32.1. The highest BCUT2D eigenvalue weighted by Gasteiger charge is 2.15. The normalized spacial score (nSPS) is 10.3. The van der Waals surface area contributed by atoms with Gasteiger partial charge < -0.3 is 10.6 Å². The van der Waals surface area contributed by atoms with Crippen LogP contribution >= 0.6 is 12.6 Å². The fraction of sp³-hybridized carbons (Fsp3) is 0.278. The Bertz CT molecular complexity index is 734. The number of hydrogen-bond donors (Lipinski definition) is 3. The zero-order valence-electron chi connectivity index (χ0n) is 14.0. The minimum atomic E-state index is -0.351. The average Bonchev–Trinajstić information content (AvgIpc) is 2.51. The Hall–Kier alpha value is -2.34. The molecule has 0 aliphatic heterocycles. The Morgan fingerprint density at radius 1 is 1.08 bits per heavy atom. The number of hydrogen-bond acceptors (Lipinski definition) is 4. The molecule has 0 spiro atoms. The van der Waals surface area contributed by atoms with Crippen molar-refractivity contribution in [1.82, 2.24) is 15.6 Å². The molecule has 1 aromatic heterocycles. The third-order valence-corrected chi connectivity index (χ3v) is 3.90. The summed E-state index contributed by atoms with van der Waals surface area (Å²) in [5, 5.41) is 5.75. The van der Waals surface area contributed by atoms with Gasteiger partial charge in [0.05, 0.1) is 12.1 Å². The molecule has 0 radical (unpaired) electrons. The van der Waals surface area contributed by atoms with E-state index in [1.807, 2.05) is 51.1 Å². The smallest absolute Gasteiger partial charge is 0.254 e. The first-order valence-electron chi connectivity index (χ1n) is 7.64. The number of thiol groups is 1. The average molecular weight is 343 g/mol. The van der Waals surface area contributed by atoms with Gasteiger partial charge in [0.15, 0.2) is 0 Å². The number of carbonyl (C=O) groups excluding carboxylic acids is 2. The van der Waals surface area contributed by atoms with Crippen molar-refractivity contribution in [2.75, 3.05) is 6.54 Å². The van der Waals surface area contributed by atoms with Gasteiger partial charge in [0.25, 0.3) is 5.91 Å². The van der Waals surface area contributed by atoms with Crippen molar-refractivity contribution in [3.63, 3.8) is 0 Å². The predicted octanol–water partition coefficient (Wildman–Crippen LogP) is 2.34. The highest BCUT2D eigenvalue weighted by molar-refractivity contribution is 7.80. The quantitative estimate of drug-likeness (QED) is 0.730. The lowest BCUT2D eigenvalue weighted by Gasteiger charge is -2.11. The van der Waals surface area contributed by atoms with Gasteiger partial charge in [0, 0.05) is 12.2 Å². The molecule has 0 bridgehead atoms. The maximum Gasteiger partial charge on any atom is 0.254 e. The van der Waals surface area contributed by atoms with Crippen LogP contribution in [0.4, 0.5) is 0 Å². The molecular formula is C18H21N3O2S. The molecule has 0 fully saturated rings. The van der Waals surface area contributed by atoms with E-state index in [1.54, 1.807) is 0 Å². The summed E-state index contributed by atoms with van der Waals surface area (Å²) in [6, 6.07) is 9.72. The Morgan fingerprint density at radius 3 is 2.38 bits per heavy atom. The summed E-state index contributed by atoms with van der Waals surface area (Å²) in [7, 11) is 0. The van der Waals surface area contributed by atoms with Crippen molar-refractivity contribution in [3.8, 4) is 0 Å². The van der Waals surface area contributed by atoms with E-state index in [2.05, 4.69) is 28.2 Å². The van der Waals surface area contributed by atoms with E-state index in [0.29, 0.717) is 17.1 Å². The standard InChI is InChI=1S/C18H21N3O2S/c1-11-4-6-14(7-5-11)9-19-15(22)10-20-17(23)16-12(2)8-13(3)21-18(16)24/h4-8H,9-10H2,1-3H3,(H,19,22)(H,20,23)(H,21,24). The predicted molar refractivity (Wildman–Crippen MR) is 96.3 cm³/mol. The molecule has 0 saturated heterocycles. The van der Waals surface area contributed by atoms with Crippen LogP contribution in [0.25, 0.3) is 0 Å². The highest BCUT2D eigenvalue weighted by Crippen LogP contribution is 2.16. The van der Waals surface area contributed by atoms with E-state index in [4.69, 9.17) is 0 Å². The summed E-state index contributed by atoms with van der Waals surface area (Å²) >= 11 is 4.25. The van der Waals surface area contributed by atoms with Gasteiger partial charge in [-0.2, -0.15) is 0 Å². The molecule has 126 valence electrons. The molecule has 0 aliphatic carbocycles. The van der Waals surface area contributed by atoms with Crippen LogP contribution in [0, 0.1) is 20.8 Å². The molecule has 0 aliphatic rings. The number of nitrogens with one attached hydrogen (secondary N) is 2. The summed E-state index contributed by atoms with van der Waals surface area (Å²) in [5.74, 6) is -0.599. The van der Waals surface area contributed by atoms with E-state index in [0.717, 1.165) is 16.8 Å². The Balaban J connectivity index is 1.87. The van der Waals surface area contributed by atoms with Crippen LogP contribution in [0.15, 0.2) is 35.4 Å². The van der Waals surface area contributed by atoms with E-state index in [9.17, 15) is 9.59 Å². The summed E-state index contributed by atoms with van der Waals surface area (Å²) in [6.45, 7) is 6.01. The number of amides is 2. The number of benzene rings is 1. The first kappa shape index (κ1) is 18.0. The second kappa shape index (κ2) is 7.97. The second-order valence-corrected chi connectivity index (χ2v) is 6.15. The number of carbonyl (C=O) groups is 2. The number of rotatable bonds is 5. The molecule has 1 heterocycles. The van der Waals surface area contributed by atoms with Crippen LogP contribution in [-0.4, -0.2) is 23.3 Å². The van der Waals surface area contributed by atoms with Gasteiger partial charge in [-0.15, -0.1) is 12.6 Å². The monoisotopic (exact) mass is 343 g/mol. The molecule has 0 atom stereocenters. The molecule has 1 aromatic carbocycles. The van der Waals surface area contributed by atoms with Crippen molar-refractivity contribution in [2.45, 2.75) is 32.3 Å². The van der Waals surface area contributed by atoms with Gasteiger partial charge in [0.2, 0.25) is 5.91 Å². The first-order chi connectivity index (χ1) is 11.4. The molecule has 2 aromatic rings.